The molecule has 8 nitrogen and oxygen atoms in total. The first kappa shape index (κ1) is 14.7. The van der Waals surface area contributed by atoms with Crippen LogP contribution in [0.25, 0.3) is 11.1 Å². The molecule has 1 fully saturated rings. The van der Waals surface area contributed by atoms with Gasteiger partial charge in [0.2, 0.25) is 0 Å². The number of carbonyl (C=O) groups excluding carboxylic acids is 1. The first-order valence-electron chi connectivity index (χ1n) is 7.90. The van der Waals surface area contributed by atoms with Gasteiger partial charge in [-0.15, -0.1) is 10.2 Å². The van der Waals surface area contributed by atoms with Gasteiger partial charge in [-0.05, 0) is 25.0 Å². The van der Waals surface area contributed by atoms with Gasteiger partial charge in [0.05, 0.1) is 6.04 Å². The van der Waals surface area contributed by atoms with Gasteiger partial charge in [0.15, 0.2) is 17.3 Å². The van der Waals surface area contributed by atoms with Crippen molar-refractivity contribution in [3.8, 4) is 0 Å². The highest BCUT2D eigenvalue weighted by Crippen LogP contribution is 2.31. The van der Waals surface area contributed by atoms with Crippen molar-refractivity contribution in [3.05, 3.63) is 36.2 Å². The number of anilines is 1. The highest BCUT2D eigenvalue weighted by atomic mass is 16.3. The SMILES string of the molecule is Cc1nc2ccc(NC(=O)N3CCC[C@@H]3c3nncn3C)cc2o1. The Labute approximate surface area is 138 Å². The maximum absolute atomic E-state index is 12.7. The number of hydrogen-bond acceptors (Lipinski definition) is 5. The molecule has 1 saturated heterocycles. The number of carbonyl (C=O) groups is 1. The van der Waals surface area contributed by atoms with Gasteiger partial charge in [-0.2, -0.15) is 0 Å². The molecule has 0 spiro atoms. The Kier molecular flexibility index (Phi) is 3.44. The maximum atomic E-state index is 12.7. The zero-order valence-electron chi connectivity index (χ0n) is 13.6. The molecule has 0 unspecified atom stereocenters. The molecule has 2 aromatic heterocycles. The van der Waals surface area contributed by atoms with Crippen molar-refractivity contribution in [1.29, 1.82) is 0 Å². The van der Waals surface area contributed by atoms with Crippen molar-refractivity contribution in [2.24, 2.45) is 7.05 Å². The molecule has 3 aromatic rings. The van der Waals surface area contributed by atoms with Gasteiger partial charge in [0.25, 0.3) is 0 Å². The lowest BCUT2D eigenvalue weighted by Crippen LogP contribution is -2.35. The van der Waals surface area contributed by atoms with Gasteiger partial charge in [0, 0.05) is 32.3 Å². The summed E-state index contributed by atoms with van der Waals surface area (Å²) in [7, 11) is 1.89. The average molecular weight is 326 g/mol. The van der Waals surface area contributed by atoms with Gasteiger partial charge < -0.3 is 19.2 Å². The van der Waals surface area contributed by atoms with E-state index in [0.29, 0.717) is 23.7 Å². The molecule has 1 N–H and O–H groups in total. The molecular formula is C16H18N6O2. The highest BCUT2D eigenvalue weighted by Gasteiger charge is 2.33. The largest absolute Gasteiger partial charge is 0.441 e. The summed E-state index contributed by atoms with van der Waals surface area (Å²) >= 11 is 0. The maximum Gasteiger partial charge on any atom is 0.322 e. The summed E-state index contributed by atoms with van der Waals surface area (Å²) in [4.78, 5) is 18.7. The van der Waals surface area contributed by atoms with E-state index in [-0.39, 0.29) is 12.1 Å². The third-order valence-corrected chi connectivity index (χ3v) is 4.30. The number of urea groups is 1. The van der Waals surface area contributed by atoms with E-state index < -0.39 is 0 Å². The number of amides is 2. The Morgan fingerprint density at radius 3 is 3.08 bits per heavy atom. The topological polar surface area (TPSA) is 89.1 Å². The van der Waals surface area contributed by atoms with Crippen LogP contribution in [0.5, 0.6) is 0 Å². The predicted molar refractivity (Wildman–Crippen MR) is 87.4 cm³/mol. The molecule has 1 aliphatic heterocycles. The lowest BCUT2D eigenvalue weighted by molar-refractivity contribution is 0.204. The van der Waals surface area contributed by atoms with Crippen LogP contribution in [-0.4, -0.2) is 37.2 Å². The number of nitrogens with zero attached hydrogens (tertiary/aromatic N) is 5. The third kappa shape index (κ3) is 2.49. The van der Waals surface area contributed by atoms with Crippen LogP contribution in [0.15, 0.2) is 28.9 Å². The minimum Gasteiger partial charge on any atom is -0.441 e. The summed E-state index contributed by atoms with van der Waals surface area (Å²) in [5.74, 6) is 1.42. The summed E-state index contributed by atoms with van der Waals surface area (Å²) < 4.78 is 7.37. The molecule has 2 amide bonds. The van der Waals surface area contributed by atoms with Crippen LogP contribution in [0.4, 0.5) is 10.5 Å². The van der Waals surface area contributed by atoms with Crippen LogP contribution in [0.3, 0.4) is 0 Å². The Morgan fingerprint density at radius 2 is 2.29 bits per heavy atom. The van der Waals surface area contributed by atoms with Crippen LogP contribution in [0.2, 0.25) is 0 Å². The fourth-order valence-electron chi connectivity index (χ4n) is 3.18. The van der Waals surface area contributed by atoms with Crippen LogP contribution < -0.4 is 5.32 Å². The summed E-state index contributed by atoms with van der Waals surface area (Å²) in [5.41, 5.74) is 2.13. The standard InChI is InChI=1S/C16H18N6O2/c1-10-18-12-6-5-11(8-14(12)24-10)19-16(23)22-7-3-4-13(22)15-20-17-9-21(15)2/h5-6,8-9,13H,3-4,7H2,1-2H3,(H,19,23)/t13-/m1/s1. The molecule has 3 heterocycles. The zero-order valence-corrected chi connectivity index (χ0v) is 13.6. The summed E-state index contributed by atoms with van der Waals surface area (Å²) in [6, 6.07) is 5.27. The molecule has 0 bridgehead atoms. The Balaban J connectivity index is 1.55. The molecule has 124 valence electrons. The van der Waals surface area contributed by atoms with Crippen LogP contribution in [0.1, 0.15) is 30.6 Å². The van der Waals surface area contributed by atoms with Crippen molar-refractivity contribution in [1.82, 2.24) is 24.6 Å². The second-order valence-electron chi connectivity index (χ2n) is 6.00. The van der Waals surface area contributed by atoms with Gasteiger partial charge in [-0.3, -0.25) is 0 Å². The molecule has 0 saturated carbocycles. The fraction of sp³-hybridized carbons (Fsp3) is 0.375. The first-order valence-corrected chi connectivity index (χ1v) is 7.90. The van der Waals surface area contributed by atoms with E-state index in [0.717, 1.165) is 24.2 Å². The van der Waals surface area contributed by atoms with Crippen LogP contribution >= 0.6 is 0 Å². The van der Waals surface area contributed by atoms with E-state index in [2.05, 4.69) is 20.5 Å². The van der Waals surface area contributed by atoms with E-state index >= 15 is 0 Å². The number of hydrogen-bond donors (Lipinski definition) is 1. The third-order valence-electron chi connectivity index (χ3n) is 4.30. The lowest BCUT2D eigenvalue weighted by atomic mass is 10.2. The van der Waals surface area contributed by atoms with Gasteiger partial charge in [-0.1, -0.05) is 0 Å². The van der Waals surface area contributed by atoms with E-state index in [1.165, 1.54) is 0 Å². The van der Waals surface area contributed by atoms with Gasteiger partial charge in [0.1, 0.15) is 11.8 Å². The van der Waals surface area contributed by atoms with Crippen molar-refractivity contribution in [2.75, 3.05) is 11.9 Å². The number of rotatable bonds is 2. The van der Waals surface area contributed by atoms with E-state index in [1.807, 2.05) is 23.7 Å². The number of nitrogens with one attached hydrogen (secondary N) is 1. The van der Waals surface area contributed by atoms with E-state index in [1.54, 1.807) is 24.2 Å². The summed E-state index contributed by atoms with van der Waals surface area (Å²) in [6.07, 6.45) is 3.50. The second-order valence-corrected chi connectivity index (χ2v) is 6.00. The van der Waals surface area contributed by atoms with E-state index in [4.69, 9.17) is 4.42 Å². The molecule has 0 aliphatic carbocycles. The Hall–Kier alpha value is -2.90. The average Bonchev–Trinajstić information content (AvgIpc) is 3.24. The quantitative estimate of drug-likeness (QED) is 0.782. The molecule has 0 radical (unpaired) electrons. The highest BCUT2D eigenvalue weighted by molar-refractivity contribution is 5.92. The number of benzene rings is 1. The first-order chi connectivity index (χ1) is 11.6. The van der Waals surface area contributed by atoms with E-state index in [9.17, 15) is 4.79 Å². The predicted octanol–water partition coefficient (Wildman–Crippen LogP) is 2.63. The molecule has 8 heteroatoms. The molecule has 24 heavy (non-hydrogen) atoms. The fourth-order valence-corrected chi connectivity index (χ4v) is 3.18. The minimum atomic E-state index is -0.143. The molecule has 1 atom stereocenters. The molecule has 4 rings (SSSR count). The normalized spacial score (nSPS) is 17.6. The monoisotopic (exact) mass is 326 g/mol. The summed E-state index contributed by atoms with van der Waals surface area (Å²) in [6.45, 7) is 2.50. The van der Waals surface area contributed by atoms with Gasteiger partial charge in [-0.25, -0.2) is 9.78 Å². The molecular weight excluding hydrogens is 308 g/mol. The van der Waals surface area contributed by atoms with Crippen molar-refractivity contribution in [3.63, 3.8) is 0 Å². The summed E-state index contributed by atoms with van der Waals surface area (Å²) in [5, 5.41) is 11.0. The van der Waals surface area contributed by atoms with Crippen LogP contribution in [-0.2, 0) is 7.05 Å². The van der Waals surface area contributed by atoms with Crippen molar-refractivity contribution < 1.29 is 9.21 Å². The number of aryl methyl sites for hydroxylation is 2. The minimum absolute atomic E-state index is 0.0474. The number of likely N-dealkylation sites (tertiary alicyclic amines) is 1. The second kappa shape index (κ2) is 5.63. The lowest BCUT2D eigenvalue weighted by Gasteiger charge is -2.24. The molecule has 1 aromatic carbocycles. The Bertz CT molecular complexity index is 899. The molecule has 1 aliphatic rings. The smallest absolute Gasteiger partial charge is 0.322 e. The number of oxazole rings is 1. The van der Waals surface area contributed by atoms with Gasteiger partial charge >= 0.3 is 6.03 Å². The zero-order chi connectivity index (χ0) is 16.7. The Morgan fingerprint density at radius 1 is 1.42 bits per heavy atom. The number of fused-ring (bicyclic) bond motifs is 1. The number of aromatic nitrogens is 4. The van der Waals surface area contributed by atoms with Crippen LogP contribution in [0, 0.1) is 6.92 Å². The van der Waals surface area contributed by atoms with Crippen molar-refractivity contribution >= 4 is 22.8 Å². The van der Waals surface area contributed by atoms with Crippen molar-refractivity contribution in [2.45, 2.75) is 25.8 Å².